The highest BCUT2D eigenvalue weighted by Gasteiger charge is 2.05. The molecule has 0 saturated carbocycles. The highest BCUT2D eigenvalue weighted by atomic mass is 32.2. The zero-order chi connectivity index (χ0) is 14.5. The maximum atomic E-state index is 5.73. The lowest BCUT2D eigenvalue weighted by Crippen LogP contribution is -1.99. The van der Waals surface area contributed by atoms with Gasteiger partial charge in [-0.05, 0) is 22.9 Å². The fraction of sp³-hybridized carbons (Fsp3) is 0.200. The molecule has 6 heteroatoms. The summed E-state index contributed by atoms with van der Waals surface area (Å²) in [6.45, 7) is 0.838. The molecule has 1 aromatic heterocycles. The van der Waals surface area contributed by atoms with Crippen LogP contribution in [0.4, 0.5) is 0 Å². The van der Waals surface area contributed by atoms with Crippen LogP contribution >= 0.6 is 11.8 Å². The topological polar surface area (TPSA) is 74.2 Å². The van der Waals surface area contributed by atoms with E-state index < -0.39 is 0 Å². The van der Waals surface area contributed by atoms with Gasteiger partial charge in [0.25, 0.3) is 5.22 Å². The van der Waals surface area contributed by atoms with Crippen molar-refractivity contribution in [2.45, 2.75) is 11.8 Å². The Morgan fingerprint density at radius 1 is 1.10 bits per heavy atom. The van der Waals surface area contributed by atoms with Crippen molar-refractivity contribution in [1.29, 1.82) is 0 Å². The van der Waals surface area contributed by atoms with Gasteiger partial charge in [0.2, 0.25) is 5.89 Å². The average Bonchev–Trinajstić information content (AvgIpc) is 2.99. The molecule has 0 amide bonds. The summed E-state index contributed by atoms with van der Waals surface area (Å²) >= 11 is 1.46. The third-order valence-corrected chi connectivity index (χ3v) is 3.70. The van der Waals surface area contributed by atoms with Crippen molar-refractivity contribution in [2.24, 2.45) is 5.73 Å². The number of nitrogens with zero attached hydrogens (tertiary/aromatic N) is 2. The highest BCUT2D eigenvalue weighted by molar-refractivity contribution is 7.99. The van der Waals surface area contributed by atoms with E-state index in [1.54, 1.807) is 0 Å². The van der Waals surface area contributed by atoms with Crippen LogP contribution in [0.3, 0.4) is 0 Å². The number of nitrogens with two attached hydrogens (primary N) is 1. The summed E-state index contributed by atoms with van der Waals surface area (Å²) in [5.74, 6) is 2.05. The van der Waals surface area contributed by atoms with Crippen LogP contribution in [0.1, 0.15) is 5.89 Å². The molecule has 108 valence electrons. The van der Waals surface area contributed by atoms with E-state index in [9.17, 15) is 0 Å². The summed E-state index contributed by atoms with van der Waals surface area (Å²) in [7, 11) is 0. The first-order valence-corrected chi connectivity index (χ1v) is 7.60. The Hall–Kier alpha value is -2.05. The highest BCUT2D eigenvalue weighted by Crippen LogP contribution is 2.21. The van der Waals surface area contributed by atoms with E-state index in [1.165, 1.54) is 22.5 Å². The number of fused-ring (bicyclic) bond motifs is 1. The van der Waals surface area contributed by atoms with Crippen LogP contribution in [-0.2, 0) is 6.54 Å². The zero-order valence-corrected chi connectivity index (χ0v) is 12.2. The molecular formula is C15H15N3O2S. The zero-order valence-electron chi connectivity index (χ0n) is 11.4. The summed E-state index contributed by atoms with van der Waals surface area (Å²) < 4.78 is 11.0. The Balaban J connectivity index is 1.52. The molecule has 3 rings (SSSR count). The van der Waals surface area contributed by atoms with E-state index in [-0.39, 0.29) is 6.54 Å². The van der Waals surface area contributed by atoms with Crippen molar-refractivity contribution in [3.05, 3.63) is 48.4 Å². The lowest BCUT2D eigenvalue weighted by atomic mass is 10.1. The molecule has 0 fully saturated rings. The Bertz CT molecular complexity index is 730. The average molecular weight is 301 g/mol. The van der Waals surface area contributed by atoms with Gasteiger partial charge in [0.05, 0.1) is 13.2 Å². The summed E-state index contributed by atoms with van der Waals surface area (Å²) in [5.41, 5.74) is 5.41. The second-order valence-electron chi connectivity index (χ2n) is 4.37. The molecule has 0 aliphatic rings. The third kappa shape index (κ3) is 3.53. The smallest absolute Gasteiger partial charge is 0.276 e. The van der Waals surface area contributed by atoms with Gasteiger partial charge in [-0.25, -0.2) is 0 Å². The molecule has 21 heavy (non-hydrogen) atoms. The van der Waals surface area contributed by atoms with E-state index in [4.69, 9.17) is 14.9 Å². The van der Waals surface area contributed by atoms with Crippen LogP contribution in [0.5, 0.6) is 5.75 Å². The Morgan fingerprint density at radius 2 is 1.95 bits per heavy atom. The largest absolute Gasteiger partial charge is 0.493 e. The SMILES string of the molecule is NCc1nnc(SCCOc2ccc3ccccc3c2)o1. The molecule has 1 heterocycles. The molecule has 0 bridgehead atoms. The van der Waals surface area contributed by atoms with E-state index in [2.05, 4.69) is 28.4 Å². The fourth-order valence-electron chi connectivity index (χ4n) is 1.92. The van der Waals surface area contributed by atoms with Crippen LogP contribution in [0.2, 0.25) is 0 Å². The van der Waals surface area contributed by atoms with E-state index in [0.717, 1.165) is 11.5 Å². The number of benzene rings is 2. The minimum Gasteiger partial charge on any atom is -0.493 e. The number of rotatable bonds is 6. The second-order valence-corrected chi connectivity index (χ2v) is 5.42. The summed E-state index contributed by atoms with van der Waals surface area (Å²) in [5, 5.41) is 10.6. The lowest BCUT2D eigenvalue weighted by Gasteiger charge is -2.06. The van der Waals surface area contributed by atoms with Crippen molar-refractivity contribution in [2.75, 3.05) is 12.4 Å². The Morgan fingerprint density at radius 3 is 2.76 bits per heavy atom. The molecule has 0 unspecified atom stereocenters. The molecule has 0 atom stereocenters. The Labute approximate surface area is 126 Å². The molecule has 2 N–H and O–H groups in total. The molecule has 0 spiro atoms. The maximum Gasteiger partial charge on any atom is 0.276 e. The van der Waals surface area contributed by atoms with Crippen LogP contribution in [0.15, 0.2) is 52.1 Å². The van der Waals surface area contributed by atoms with Crippen molar-refractivity contribution in [3.63, 3.8) is 0 Å². The predicted molar refractivity (Wildman–Crippen MR) is 82.4 cm³/mol. The van der Waals surface area contributed by atoms with Crippen LogP contribution in [-0.4, -0.2) is 22.6 Å². The fourth-order valence-corrected chi connectivity index (χ4v) is 2.52. The van der Waals surface area contributed by atoms with Gasteiger partial charge < -0.3 is 14.9 Å². The number of hydrogen-bond donors (Lipinski definition) is 1. The molecule has 0 radical (unpaired) electrons. The maximum absolute atomic E-state index is 5.73. The van der Waals surface area contributed by atoms with Gasteiger partial charge in [-0.15, -0.1) is 10.2 Å². The molecule has 0 aliphatic carbocycles. The van der Waals surface area contributed by atoms with Crippen molar-refractivity contribution >= 4 is 22.5 Å². The van der Waals surface area contributed by atoms with Crippen molar-refractivity contribution in [3.8, 4) is 5.75 Å². The first-order valence-electron chi connectivity index (χ1n) is 6.62. The molecule has 2 aromatic carbocycles. The molecule has 0 saturated heterocycles. The van der Waals surface area contributed by atoms with Crippen LogP contribution in [0, 0.1) is 0 Å². The number of thioether (sulfide) groups is 1. The van der Waals surface area contributed by atoms with Gasteiger partial charge in [0.1, 0.15) is 5.75 Å². The van der Waals surface area contributed by atoms with E-state index in [1.807, 2.05) is 24.3 Å². The van der Waals surface area contributed by atoms with Crippen LogP contribution in [0.25, 0.3) is 10.8 Å². The second kappa shape index (κ2) is 6.60. The Kier molecular flexibility index (Phi) is 4.37. The first-order chi connectivity index (χ1) is 10.3. The summed E-state index contributed by atoms with van der Waals surface area (Å²) in [6.07, 6.45) is 0. The standard InChI is InChI=1S/C15H15N3O2S/c16-10-14-17-18-15(20-14)21-8-7-19-13-6-5-11-3-1-2-4-12(11)9-13/h1-6,9H,7-8,10,16H2. The van der Waals surface area contributed by atoms with Gasteiger partial charge in [0, 0.05) is 5.75 Å². The van der Waals surface area contributed by atoms with Gasteiger partial charge in [-0.1, -0.05) is 42.1 Å². The van der Waals surface area contributed by atoms with Crippen molar-refractivity contribution in [1.82, 2.24) is 10.2 Å². The third-order valence-electron chi connectivity index (χ3n) is 2.92. The van der Waals surface area contributed by atoms with Gasteiger partial charge >= 0.3 is 0 Å². The monoisotopic (exact) mass is 301 g/mol. The molecule has 0 aliphatic heterocycles. The molecular weight excluding hydrogens is 286 g/mol. The van der Waals surface area contributed by atoms with Gasteiger partial charge in [-0.2, -0.15) is 0 Å². The van der Waals surface area contributed by atoms with Gasteiger partial charge in [-0.3, -0.25) is 0 Å². The minimum absolute atomic E-state index is 0.265. The molecule has 3 aromatic rings. The number of hydrogen-bond acceptors (Lipinski definition) is 6. The predicted octanol–water partition coefficient (Wildman–Crippen LogP) is 2.85. The van der Waals surface area contributed by atoms with Crippen molar-refractivity contribution < 1.29 is 9.15 Å². The van der Waals surface area contributed by atoms with E-state index in [0.29, 0.717) is 17.7 Å². The van der Waals surface area contributed by atoms with Gasteiger partial charge in [0.15, 0.2) is 0 Å². The molecule has 5 nitrogen and oxygen atoms in total. The first kappa shape index (κ1) is 13.9. The number of ether oxygens (including phenoxy) is 1. The normalized spacial score (nSPS) is 10.9. The number of aromatic nitrogens is 2. The minimum atomic E-state index is 0.265. The van der Waals surface area contributed by atoms with E-state index >= 15 is 0 Å². The lowest BCUT2D eigenvalue weighted by molar-refractivity contribution is 0.343. The summed E-state index contributed by atoms with van der Waals surface area (Å²) in [6, 6.07) is 14.3. The van der Waals surface area contributed by atoms with Crippen LogP contribution < -0.4 is 10.5 Å². The summed E-state index contributed by atoms with van der Waals surface area (Å²) in [4.78, 5) is 0. The quantitative estimate of drug-likeness (QED) is 0.557.